The summed E-state index contributed by atoms with van der Waals surface area (Å²) < 4.78 is 4.93. The van der Waals surface area contributed by atoms with Crippen molar-refractivity contribution < 1.29 is 14.6 Å². The van der Waals surface area contributed by atoms with E-state index in [2.05, 4.69) is 0 Å². The molecule has 66 valence electrons. The predicted octanol–water partition coefficient (Wildman–Crippen LogP) is 1.52. The minimum absolute atomic E-state index is 0.408. The van der Waals surface area contributed by atoms with Gasteiger partial charge in [-0.2, -0.15) is 0 Å². The van der Waals surface area contributed by atoms with Gasteiger partial charge in [-0.25, -0.2) is 4.79 Å². The van der Waals surface area contributed by atoms with Gasteiger partial charge < -0.3 is 9.84 Å². The first kappa shape index (κ1) is 10.4. The molecule has 3 heteroatoms. The SMILES string of the molecule is CC.CC1COC(C(=O)O)C1. The maximum Gasteiger partial charge on any atom is 0.332 e. The lowest BCUT2D eigenvalue weighted by atomic mass is 10.1. The Labute approximate surface area is 67.4 Å². The minimum Gasteiger partial charge on any atom is -0.479 e. The van der Waals surface area contributed by atoms with Gasteiger partial charge in [0.15, 0.2) is 6.10 Å². The zero-order valence-corrected chi connectivity index (χ0v) is 7.33. The highest BCUT2D eigenvalue weighted by atomic mass is 16.5. The second-order valence-corrected chi connectivity index (χ2v) is 2.50. The first-order valence-corrected chi connectivity index (χ1v) is 4.04. The summed E-state index contributed by atoms with van der Waals surface area (Å²) in [5.74, 6) is -0.426. The maximum atomic E-state index is 10.2. The molecule has 0 aromatic heterocycles. The van der Waals surface area contributed by atoms with Crippen LogP contribution < -0.4 is 0 Å². The number of carboxylic acid groups (broad SMARTS) is 1. The molecule has 2 atom stereocenters. The van der Waals surface area contributed by atoms with E-state index in [1.54, 1.807) is 0 Å². The van der Waals surface area contributed by atoms with E-state index >= 15 is 0 Å². The van der Waals surface area contributed by atoms with E-state index < -0.39 is 12.1 Å². The summed E-state index contributed by atoms with van der Waals surface area (Å²) in [4.78, 5) is 10.2. The lowest BCUT2D eigenvalue weighted by Gasteiger charge is -1.99. The van der Waals surface area contributed by atoms with Crippen molar-refractivity contribution in [1.29, 1.82) is 0 Å². The van der Waals surface area contributed by atoms with Crippen molar-refractivity contribution >= 4 is 5.97 Å². The third kappa shape index (κ3) is 3.37. The van der Waals surface area contributed by atoms with Gasteiger partial charge in [0, 0.05) is 0 Å². The van der Waals surface area contributed by atoms with Crippen LogP contribution in [0.3, 0.4) is 0 Å². The fourth-order valence-corrected chi connectivity index (χ4v) is 0.954. The summed E-state index contributed by atoms with van der Waals surface area (Å²) in [6.45, 7) is 6.58. The van der Waals surface area contributed by atoms with Gasteiger partial charge in [-0.05, 0) is 12.3 Å². The minimum atomic E-state index is -0.834. The maximum absolute atomic E-state index is 10.2. The largest absolute Gasteiger partial charge is 0.479 e. The van der Waals surface area contributed by atoms with E-state index in [1.807, 2.05) is 20.8 Å². The molecule has 1 rings (SSSR count). The van der Waals surface area contributed by atoms with Crippen LogP contribution in [-0.4, -0.2) is 23.8 Å². The third-order valence-electron chi connectivity index (χ3n) is 1.47. The third-order valence-corrected chi connectivity index (χ3v) is 1.47. The number of ether oxygens (including phenoxy) is 1. The molecular weight excluding hydrogens is 144 g/mol. The van der Waals surface area contributed by atoms with Crippen LogP contribution in [0.15, 0.2) is 0 Å². The van der Waals surface area contributed by atoms with E-state index in [1.165, 1.54) is 0 Å². The van der Waals surface area contributed by atoms with E-state index in [9.17, 15) is 4.79 Å². The van der Waals surface area contributed by atoms with Crippen molar-refractivity contribution in [3.8, 4) is 0 Å². The van der Waals surface area contributed by atoms with Crippen molar-refractivity contribution in [1.82, 2.24) is 0 Å². The van der Waals surface area contributed by atoms with E-state index in [0.717, 1.165) is 0 Å². The molecule has 1 saturated heterocycles. The molecule has 0 aliphatic carbocycles. The van der Waals surface area contributed by atoms with Gasteiger partial charge in [0.05, 0.1) is 6.61 Å². The van der Waals surface area contributed by atoms with Crippen molar-refractivity contribution in [3.05, 3.63) is 0 Å². The lowest BCUT2D eigenvalue weighted by Crippen LogP contribution is -2.17. The highest BCUT2D eigenvalue weighted by Crippen LogP contribution is 2.18. The molecule has 1 fully saturated rings. The molecular formula is C8H16O3. The standard InChI is InChI=1S/C6H10O3.C2H6/c1-4-2-5(6(7)8)9-3-4;1-2/h4-5H,2-3H2,1H3,(H,7,8);1-2H3. The van der Waals surface area contributed by atoms with E-state index in [-0.39, 0.29) is 0 Å². The number of hydrogen-bond donors (Lipinski definition) is 1. The molecule has 1 heterocycles. The summed E-state index contributed by atoms with van der Waals surface area (Å²) >= 11 is 0. The van der Waals surface area contributed by atoms with Gasteiger partial charge in [0.2, 0.25) is 0 Å². The van der Waals surface area contributed by atoms with Crippen molar-refractivity contribution in [2.45, 2.75) is 33.3 Å². The quantitative estimate of drug-likeness (QED) is 0.632. The average molecular weight is 160 g/mol. The van der Waals surface area contributed by atoms with E-state index in [0.29, 0.717) is 18.9 Å². The van der Waals surface area contributed by atoms with Crippen LogP contribution >= 0.6 is 0 Å². The summed E-state index contributed by atoms with van der Waals surface area (Å²) in [7, 11) is 0. The average Bonchev–Trinajstić information content (AvgIpc) is 2.40. The number of hydrogen-bond acceptors (Lipinski definition) is 2. The van der Waals surface area contributed by atoms with Crippen LogP contribution in [0.25, 0.3) is 0 Å². The number of carbonyl (C=O) groups is 1. The first-order chi connectivity index (χ1) is 5.20. The smallest absolute Gasteiger partial charge is 0.332 e. The molecule has 2 unspecified atom stereocenters. The fraction of sp³-hybridized carbons (Fsp3) is 0.875. The Morgan fingerprint density at radius 3 is 2.27 bits per heavy atom. The Hall–Kier alpha value is -0.570. The lowest BCUT2D eigenvalue weighted by molar-refractivity contribution is -0.147. The van der Waals surface area contributed by atoms with Gasteiger partial charge in [0.25, 0.3) is 0 Å². The van der Waals surface area contributed by atoms with Crippen molar-refractivity contribution in [3.63, 3.8) is 0 Å². The zero-order chi connectivity index (χ0) is 8.85. The molecule has 1 aliphatic rings. The highest BCUT2D eigenvalue weighted by molar-refractivity contribution is 5.72. The van der Waals surface area contributed by atoms with Crippen LogP contribution in [0.1, 0.15) is 27.2 Å². The van der Waals surface area contributed by atoms with Crippen LogP contribution in [0.2, 0.25) is 0 Å². The van der Waals surface area contributed by atoms with Crippen LogP contribution in [0.4, 0.5) is 0 Å². The summed E-state index contributed by atoms with van der Waals surface area (Å²) in [6, 6.07) is 0. The molecule has 0 bridgehead atoms. The topological polar surface area (TPSA) is 46.5 Å². The second-order valence-electron chi connectivity index (χ2n) is 2.50. The number of aliphatic carboxylic acids is 1. The molecule has 0 spiro atoms. The molecule has 0 radical (unpaired) electrons. The summed E-state index contributed by atoms with van der Waals surface area (Å²) in [6.07, 6.45) is 0.120. The van der Waals surface area contributed by atoms with E-state index in [4.69, 9.17) is 9.84 Å². The molecule has 1 aliphatic heterocycles. The Balaban J connectivity index is 0.000000461. The van der Waals surface area contributed by atoms with Gasteiger partial charge >= 0.3 is 5.97 Å². The van der Waals surface area contributed by atoms with Crippen molar-refractivity contribution in [2.75, 3.05) is 6.61 Å². The summed E-state index contributed by atoms with van der Waals surface area (Å²) in [5, 5.41) is 8.41. The van der Waals surface area contributed by atoms with Gasteiger partial charge in [-0.1, -0.05) is 20.8 Å². The van der Waals surface area contributed by atoms with Gasteiger partial charge in [-0.3, -0.25) is 0 Å². The Bertz CT molecular complexity index is 123. The van der Waals surface area contributed by atoms with Crippen LogP contribution in [-0.2, 0) is 9.53 Å². The van der Waals surface area contributed by atoms with Crippen LogP contribution in [0.5, 0.6) is 0 Å². The monoisotopic (exact) mass is 160 g/mol. The van der Waals surface area contributed by atoms with Gasteiger partial charge in [-0.15, -0.1) is 0 Å². The zero-order valence-electron chi connectivity index (χ0n) is 7.33. The molecule has 0 amide bonds. The molecule has 3 nitrogen and oxygen atoms in total. The highest BCUT2D eigenvalue weighted by Gasteiger charge is 2.27. The number of carboxylic acids is 1. The predicted molar refractivity (Wildman–Crippen MR) is 42.5 cm³/mol. The van der Waals surface area contributed by atoms with Crippen LogP contribution in [0, 0.1) is 5.92 Å². The molecule has 0 aromatic carbocycles. The Morgan fingerprint density at radius 1 is 1.55 bits per heavy atom. The Morgan fingerprint density at radius 2 is 2.09 bits per heavy atom. The second kappa shape index (κ2) is 5.13. The molecule has 11 heavy (non-hydrogen) atoms. The molecule has 0 saturated carbocycles. The van der Waals surface area contributed by atoms with Gasteiger partial charge in [0.1, 0.15) is 0 Å². The molecule has 0 aromatic rings. The summed E-state index contributed by atoms with van der Waals surface area (Å²) in [5.41, 5.74) is 0. The van der Waals surface area contributed by atoms with Crippen molar-refractivity contribution in [2.24, 2.45) is 5.92 Å². The number of rotatable bonds is 1. The Kier molecular flexibility index (Phi) is 4.86. The molecule has 1 N–H and O–H groups in total. The first-order valence-electron chi connectivity index (χ1n) is 4.04. The normalized spacial score (nSPS) is 29.0. The fourth-order valence-electron chi connectivity index (χ4n) is 0.954.